The molecule has 0 aromatic rings. The first-order valence-electron chi connectivity index (χ1n) is 9.01. The van der Waals surface area contributed by atoms with Gasteiger partial charge in [0.25, 0.3) is 0 Å². The number of nitriles is 1. The van der Waals surface area contributed by atoms with Crippen molar-refractivity contribution in [3.05, 3.63) is 0 Å². The summed E-state index contributed by atoms with van der Waals surface area (Å²) in [6, 6.07) is 2.26. The van der Waals surface area contributed by atoms with E-state index in [4.69, 9.17) is 9.47 Å². The molecule has 0 fully saturated rings. The molecule has 0 N–H and O–H groups in total. The van der Waals surface area contributed by atoms with Gasteiger partial charge in [0, 0.05) is 5.92 Å². The van der Waals surface area contributed by atoms with Gasteiger partial charge in [0.15, 0.2) is 0 Å². The fourth-order valence-corrected chi connectivity index (χ4v) is 2.67. The predicted octanol–water partition coefficient (Wildman–Crippen LogP) is 3.97. The van der Waals surface area contributed by atoms with Crippen LogP contribution in [-0.2, 0) is 19.1 Å². The van der Waals surface area contributed by atoms with Gasteiger partial charge in [-0.2, -0.15) is 5.26 Å². The van der Waals surface area contributed by atoms with Crippen LogP contribution in [0.4, 0.5) is 0 Å². The summed E-state index contributed by atoms with van der Waals surface area (Å²) in [6.07, 6.45) is 1.71. The summed E-state index contributed by atoms with van der Waals surface area (Å²) >= 11 is 0. The summed E-state index contributed by atoms with van der Waals surface area (Å²) in [5.41, 5.74) is 0. The average Bonchev–Trinajstić information content (AvgIpc) is 2.50. The zero-order chi connectivity index (χ0) is 18.7. The van der Waals surface area contributed by atoms with E-state index in [9.17, 15) is 14.9 Å². The molecule has 0 spiro atoms. The van der Waals surface area contributed by atoms with Crippen molar-refractivity contribution in [2.24, 2.45) is 29.6 Å². The highest BCUT2D eigenvalue weighted by Crippen LogP contribution is 2.31. The Kier molecular flexibility index (Phi) is 11.1. The molecule has 5 heteroatoms. The second-order valence-corrected chi connectivity index (χ2v) is 6.90. The van der Waals surface area contributed by atoms with Gasteiger partial charge in [-0.3, -0.25) is 9.59 Å². The van der Waals surface area contributed by atoms with Gasteiger partial charge in [0.1, 0.15) is 0 Å². The van der Waals surface area contributed by atoms with Crippen LogP contribution < -0.4 is 0 Å². The van der Waals surface area contributed by atoms with Crippen molar-refractivity contribution < 1.29 is 19.1 Å². The first-order chi connectivity index (χ1) is 11.3. The summed E-state index contributed by atoms with van der Waals surface area (Å²) in [7, 11) is 0. The van der Waals surface area contributed by atoms with Crippen LogP contribution in [0, 0.1) is 40.9 Å². The van der Waals surface area contributed by atoms with Crippen LogP contribution in [0.15, 0.2) is 0 Å². The Hall–Kier alpha value is -1.57. The van der Waals surface area contributed by atoms with Gasteiger partial charge >= 0.3 is 11.9 Å². The molecule has 0 aromatic carbocycles. The van der Waals surface area contributed by atoms with Gasteiger partial charge in [-0.25, -0.2) is 0 Å². The lowest BCUT2D eigenvalue weighted by Gasteiger charge is -2.27. The van der Waals surface area contributed by atoms with Gasteiger partial charge < -0.3 is 9.47 Å². The quantitative estimate of drug-likeness (QED) is 0.532. The Labute approximate surface area is 146 Å². The fourth-order valence-electron chi connectivity index (χ4n) is 2.67. The van der Waals surface area contributed by atoms with E-state index in [2.05, 4.69) is 19.9 Å². The molecule has 0 saturated carbocycles. The number of hydrogen-bond donors (Lipinski definition) is 0. The maximum absolute atomic E-state index is 12.5. The van der Waals surface area contributed by atoms with Crippen LogP contribution >= 0.6 is 0 Å². The smallest absolute Gasteiger partial charge is 0.309 e. The number of hydrogen-bond acceptors (Lipinski definition) is 5. The zero-order valence-corrected chi connectivity index (χ0v) is 16.0. The number of rotatable bonds is 11. The number of ether oxygens (including phenoxy) is 2. The number of esters is 2. The molecule has 5 nitrogen and oxygen atoms in total. The molecule has 0 bridgehead atoms. The molecular weight excluding hydrogens is 306 g/mol. The lowest BCUT2D eigenvalue weighted by atomic mass is 9.78. The third-order valence-electron chi connectivity index (χ3n) is 4.20. The molecule has 0 heterocycles. The van der Waals surface area contributed by atoms with E-state index < -0.39 is 17.8 Å². The van der Waals surface area contributed by atoms with Gasteiger partial charge in [0.2, 0.25) is 0 Å². The van der Waals surface area contributed by atoms with Crippen molar-refractivity contribution in [3.63, 3.8) is 0 Å². The molecule has 0 radical (unpaired) electrons. The van der Waals surface area contributed by atoms with Gasteiger partial charge in [-0.05, 0) is 38.5 Å². The Morgan fingerprint density at radius 3 is 1.79 bits per heavy atom. The molecule has 0 aliphatic heterocycles. The fraction of sp³-hybridized carbons (Fsp3) is 0.842. The van der Waals surface area contributed by atoms with Crippen LogP contribution in [0.25, 0.3) is 0 Å². The molecule has 0 aromatic heterocycles. The van der Waals surface area contributed by atoms with Crippen LogP contribution in [0.1, 0.15) is 60.8 Å². The van der Waals surface area contributed by atoms with Gasteiger partial charge in [0.05, 0.1) is 31.1 Å². The van der Waals surface area contributed by atoms with E-state index >= 15 is 0 Å². The zero-order valence-electron chi connectivity index (χ0n) is 16.0. The highest BCUT2D eigenvalue weighted by Gasteiger charge is 2.37. The molecule has 24 heavy (non-hydrogen) atoms. The lowest BCUT2D eigenvalue weighted by molar-refractivity contribution is -0.161. The normalized spacial score (nSPS) is 14.8. The van der Waals surface area contributed by atoms with Crippen LogP contribution in [0.3, 0.4) is 0 Å². The summed E-state index contributed by atoms with van der Waals surface area (Å²) in [5, 5.41) is 9.38. The summed E-state index contributed by atoms with van der Waals surface area (Å²) in [5.74, 6) is -1.72. The van der Waals surface area contributed by atoms with Gasteiger partial charge in [-0.15, -0.1) is 0 Å². The molecule has 0 aliphatic rings. The standard InChI is InChI=1S/C19H33NO4/c1-7-23-18(21)16(10-9-13(3)4)17(19(22)24-8-2)11-15(12-20)14(5)6/h13-17H,7-11H2,1-6H3. The third kappa shape index (κ3) is 7.81. The first kappa shape index (κ1) is 22.4. The Morgan fingerprint density at radius 1 is 0.917 bits per heavy atom. The van der Waals surface area contributed by atoms with Crippen molar-refractivity contribution in [2.75, 3.05) is 13.2 Å². The highest BCUT2D eigenvalue weighted by molar-refractivity contribution is 5.82. The minimum absolute atomic E-state index is 0.111. The molecule has 3 unspecified atom stereocenters. The van der Waals surface area contributed by atoms with Crippen molar-refractivity contribution in [1.29, 1.82) is 5.26 Å². The largest absolute Gasteiger partial charge is 0.466 e. The monoisotopic (exact) mass is 339 g/mol. The van der Waals surface area contributed by atoms with E-state index in [1.807, 2.05) is 13.8 Å². The van der Waals surface area contributed by atoms with Crippen LogP contribution in [0.2, 0.25) is 0 Å². The Bertz CT molecular complexity index is 426. The van der Waals surface area contributed by atoms with Crippen molar-refractivity contribution in [1.82, 2.24) is 0 Å². The van der Waals surface area contributed by atoms with E-state index in [1.54, 1.807) is 13.8 Å². The van der Waals surface area contributed by atoms with Crippen LogP contribution in [0.5, 0.6) is 0 Å². The molecule has 3 atom stereocenters. The first-order valence-corrected chi connectivity index (χ1v) is 9.01. The molecule has 0 aliphatic carbocycles. The minimum Gasteiger partial charge on any atom is -0.466 e. The minimum atomic E-state index is -0.630. The highest BCUT2D eigenvalue weighted by atomic mass is 16.5. The second-order valence-electron chi connectivity index (χ2n) is 6.90. The van der Waals surface area contributed by atoms with E-state index in [0.29, 0.717) is 18.8 Å². The van der Waals surface area contributed by atoms with Crippen molar-refractivity contribution in [3.8, 4) is 6.07 Å². The average molecular weight is 339 g/mol. The summed E-state index contributed by atoms with van der Waals surface area (Å²) in [6.45, 7) is 12.1. The predicted molar refractivity (Wildman–Crippen MR) is 92.9 cm³/mol. The summed E-state index contributed by atoms with van der Waals surface area (Å²) in [4.78, 5) is 24.9. The Balaban J connectivity index is 5.48. The Morgan fingerprint density at radius 2 is 1.42 bits per heavy atom. The number of carbonyl (C=O) groups is 2. The van der Waals surface area contributed by atoms with E-state index in [1.165, 1.54) is 0 Å². The van der Waals surface area contributed by atoms with Gasteiger partial charge in [-0.1, -0.05) is 34.1 Å². The number of nitrogens with zero attached hydrogens (tertiary/aromatic N) is 1. The second kappa shape index (κ2) is 11.9. The SMILES string of the molecule is CCOC(=O)C(CCC(C)C)C(CC(C#N)C(C)C)C(=O)OCC. The summed E-state index contributed by atoms with van der Waals surface area (Å²) < 4.78 is 10.4. The molecule has 0 rings (SSSR count). The molecule has 0 saturated heterocycles. The lowest BCUT2D eigenvalue weighted by Crippen LogP contribution is -2.35. The van der Waals surface area contributed by atoms with Crippen molar-refractivity contribution in [2.45, 2.75) is 60.8 Å². The van der Waals surface area contributed by atoms with E-state index in [0.717, 1.165) is 6.42 Å². The number of carbonyl (C=O) groups excluding carboxylic acids is 2. The maximum atomic E-state index is 12.5. The molecule has 0 amide bonds. The topological polar surface area (TPSA) is 76.4 Å². The third-order valence-corrected chi connectivity index (χ3v) is 4.20. The van der Waals surface area contributed by atoms with Crippen LogP contribution in [-0.4, -0.2) is 25.2 Å². The van der Waals surface area contributed by atoms with Crippen molar-refractivity contribution >= 4 is 11.9 Å². The maximum Gasteiger partial charge on any atom is 0.309 e. The molecular formula is C19H33NO4. The van der Waals surface area contributed by atoms with E-state index in [-0.39, 0.29) is 31.0 Å². The molecule has 138 valence electrons.